The minimum atomic E-state index is -0.503. The molecule has 3 aromatic carbocycles. The number of ether oxygens (including phenoxy) is 1. The van der Waals surface area contributed by atoms with Crippen LogP contribution in [0.15, 0.2) is 83.0 Å². The highest BCUT2D eigenvalue weighted by Gasteiger charge is 2.10. The third kappa shape index (κ3) is 5.26. The molecule has 146 valence electrons. The Morgan fingerprint density at radius 3 is 2.28 bits per heavy atom. The number of hydrogen-bond donors (Lipinski definition) is 1. The minimum Gasteiger partial charge on any atom is -0.496 e. The van der Waals surface area contributed by atoms with Gasteiger partial charge in [-0.2, -0.15) is 0 Å². The second-order valence-electron chi connectivity index (χ2n) is 6.11. The Morgan fingerprint density at radius 2 is 1.59 bits per heavy atom. The summed E-state index contributed by atoms with van der Waals surface area (Å²) in [6.45, 7) is 1.94. The first-order valence-electron chi connectivity index (χ1n) is 8.80. The number of aryl methyl sites for hydroxylation is 1. The number of carbonyl (C=O) groups excluding carboxylic acids is 2. The molecule has 0 atom stereocenters. The summed E-state index contributed by atoms with van der Waals surface area (Å²) in [4.78, 5) is 29.2. The largest absolute Gasteiger partial charge is 0.496 e. The Bertz CT molecular complexity index is 1030. The highest BCUT2D eigenvalue weighted by molar-refractivity contribution is 5.97. The number of amides is 1. The molecule has 0 saturated carbocycles. The Morgan fingerprint density at radius 1 is 0.897 bits per heavy atom. The van der Waals surface area contributed by atoms with E-state index in [1.165, 1.54) is 7.11 Å². The number of para-hydroxylation sites is 1. The summed E-state index contributed by atoms with van der Waals surface area (Å²) in [5, 5.41) is 7.66. The zero-order valence-corrected chi connectivity index (χ0v) is 16.0. The maximum absolute atomic E-state index is 12.2. The average molecular weight is 389 g/mol. The molecule has 0 aliphatic heterocycles. The van der Waals surface area contributed by atoms with Gasteiger partial charge in [0.15, 0.2) is 0 Å². The normalized spacial score (nSPS) is 10.6. The minimum absolute atomic E-state index is 0.333. The topological polar surface area (TPSA) is 89.3 Å². The standard InChI is InChI=1S/C22H19N3O4/c1-15-7-9-16(10-8-15)22(27)29-25-18-13-11-17(12-14-18)23-24-21(26)19-5-3-4-6-20(19)28-2/h3-14,25H,1-2H3. The van der Waals surface area contributed by atoms with Crippen molar-refractivity contribution in [2.24, 2.45) is 10.2 Å². The van der Waals surface area contributed by atoms with E-state index in [2.05, 4.69) is 15.7 Å². The third-order valence-electron chi connectivity index (χ3n) is 4.01. The number of rotatable bonds is 6. The van der Waals surface area contributed by atoms with Crippen molar-refractivity contribution < 1.29 is 19.2 Å². The monoisotopic (exact) mass is 389 g/mol. The zero-order valence-electron chi connectivity index (χ0n) is 16.0. The van der Waals surface area contributed by atoms with E-state index in [9.17, 15) is 9.59 Å². The van der Waals surface area contributed by atoms with Gasteiger partial charge in [-0.1, -0.05) is 29.8 Å². The molecule has 29 heavy (non-hydrogen) atoms. The first-order chi connectivity index (χ1) is 14.1. The zero-order chi connectivity index (χ0) is 20.6. The van der Waals surface area contributed by atoms with Gasteiger partial charge in [0.05, 0.1) is 29.6 Å². The fourth-order valence-corrected chi connectivity index (χ4v) is 2.43. The summed E-state index contributed by atoms with van der Waals surface area (Å²) in [5.41, 5.74) is 5.46. The Kier molecular flexibility index (Phi) is 6.32. The van der Waals surface area contributed by atoms with Gasteiger partial charge in [0.25, 0.3) is 5.91 Å². The Hall–Kier alpha value is -4.00. The lowest BCUT2D eigenvalue weighted by Gasteiger charge is -2.07. The van der Waals surface area contributed by atoms with Crippen molar-refractivity contribution in [2.75, 3.05) is 12.6 Å². The van der Waals surface area contributed by atoms with Crippen LogP contribution in [-0.2, 0) is 4.84 Å². The van der Waals surface area contributed by atoms with Gasteiger partial charge in [-0.25, -0.2) is 10.3 Å². The predicted octanol–water partition coefficient (Wildman–Crippen LogP) is 5.11. The molecule has 0 aliphatic rings. The van der Waals surface area contributed by atoms with Gasteiger partial charge >= 0.3 is 5.97 Å². The van der Waals surface area contributed by atoms with Gasteiger partial charge in [0.2, 0.25) is 0 Å². The van der Waals surface area contributed by atoms with Crippen molar-refractivity contribution in [3.63, 3.8) is 0 Å². The van der Waals surface area contributed by atoms with Gasteiger partial charge < -0.3 is 9.57 Å². The van der Waals surface area contributed by atoms with E-state index in [1.807, 2.05) is 19.1 Å². The van der Waals surface area contributed by atoms with Crippen LogP contribution < -0.4 is 10.2 Å². The molecular weight excluding hydrogens is 370 g/mol. The van der Waals surface area contributed by atoms with Crippen molar-refractivity contribution in [3.8, 4) is 5.75 Å². The van der Waals surface area contributed by atoms with Crippen molar-refractivity contribution >= 4 is 23.3 Å². The lowest BCUT2D eigenvalue weighted by molar-refractivity contribution is 0.0596. The van der Waals surface area contributed by atoms with Crippen LogP contribution in [-0.4, -0.2) is 19.0 Å². The smallest absolute Gasteiger partial charge is 0.362 e. The molecule has 3 aromatic rings. The first kappa shape index (κ1) is 19.8. The van der Waals surface area contributed by atoms with Gasteiger partial charge in [-0.15, -0.1) is 10.2 Å². The molecule has 0 radical (unpaired) electrons. The van der Waals surface area contributed by atoms with Gasteiger partial charge in [0.1, 0.15) is 5.75 Å². The van der Waals surface area contributed by atoms with Crippen LogP contribution >= 0.6 is 0 Å². The van der Waals surface area contributed by atoms with Gasteiger partial charge in [0, 0.05) is 0 Å². The van der Waals surface area contributed by atoms with Crippen LogP contribution in [0.2, 0.25) is 0 Å². The molecule has 1 N–H and O–H groups in total. The number of benzene rings is 3. The van der Waals surface area contributed by atoms with Crippen LogP contribution in [0.4, 0.5) is 11.4 Å². The lowest BCUT2D eigenvalue weighted by atomic mass is 10.2. The molecule has 3 rings (SSSR count). The molecule has 0 heterocycles. The van der Waals surface area contributed by atoms with Crippen LogP contribution in [0, 0.1) is 6.92 Å². The molecule has 0 bridgehead atoms. The van der Waals surface area contributed by atoms with E-state index in [0.717, 1.165) is 5.56 Å². The van der Waals surface area contributed by atoms with Crippen molar-refractivity contribution in [2.45, 2.75) is 6.92 Å². The van der Waals surface area contributed by atoms with E-state index < -0.39 is 11.9 Å². The van der Waals surface area contributed by atoms with Gasteiger partial charge in [-0.05, 0) is 55.5 Å². The number of carbonyl (C=O) groups is 2. The highest BCUT2D eigenvalue weighted by atomic mass is 16.7. The summed E-state index contributed by atoms with van der Waals surface area (Å²) in [6, 6.07) is 20.5. The first-order valence-corrected chi connectivity index (χ1v) is 8.80. The number of nitrogens with zero attached hydrogens (tertiary/aromatic N) is 2. The molecule has 7 nitrogen and oxygen atoms in total. The van der Waals surface area contributed by atoms with E-state index >= 15 is 0 Å². The summed E-state index contributed by atoms with van der Waals surface area (Å²) < 4.78 is 5.15. The van der Waals surface area contributed by atoms with Gasteiger partial charge in [-0.3, -0.25) is 4.79 Å². The molecule has 0 aliphatic carbocycles. The number of hydrogen-bond acceptors (Lipinski definition) is 6. The van der Waals surface area contributed by atoms with Crippen LogP contribution in [0.3, 0.4) is 0 Å². The van der Waals surface area contributed by atoms with Crippen LogP contribution in [0.5, 0.6) is 5.75 Å². The van der Waals surface area contributed by atoms with E-state index in [1.54, 1.807) is 60.7 Å². The number of methoxy groups -OCH3 is 1. The van der Waals surface area contributed by atoms with Crippen molar-refractivity contribution in [1.29, 1.82) is 0 Å². The SMILES string of the molecule is COc1ccccc1C(=O)N=Nc1ccc(NOC(=O)c2ccc(C)cc2)cc1. The Labute approximate surface area is 168 Å². The number of nitrogens with one attached hydrogen (secondary N) is 1. The molecule has 0 fully saturated rings. The summed E-state index contributed by atoms with van der Waals surface area (Å²) >= 11 is 0. The quantitative estimate of drug-likeness (QED) is 0.467. The van der Waals surface area contributed by atoms with Crippen LogP contribution in [0.25, 0.3) is 0 Å². The van der Waals surface area contributed by atoms with Crippen LogP contribution in [0.1, 0.15) is 26.3 Å². The summed E-state index contributed by atoms with van der Waals surface area (Å²) in [7, 11) is 1.49. The molecular formula is C22H19N3O4. The maximum atomic E-state index is 12.2. The molecule has 0 saturated heterocycles. The Balaban J connectivity index is 1.58. The molecule has 0 spiro atoms. The third-order valence-corrected chi connectivity index (χ3v) is 4.01. The maximum Gasteiger partial charge on any atom is 0.362 e. The molecule has 1 amide bonds. The fourth-order valence-electron chi connectivity index (χ4n) is 2.43. The lowest BCUT2D eigenvalue weighted by Crippen LogP contribution is -2.10. The van der Waals surface area contributed by atoms with Crippen molar-refractivity contribution in [3.05, 3.63) is 89.5 Å². The predicted molar refractivity (Wildman–Crippen MR) is 108 cm³/mol. The second-order valence-corrected chi connectivity index (χ2v) is 6.11. The summed E-state index contributed by atoms with van der Waals surface area (Å²) in [6.07, 6.45) is 0. The average Bonchev–Trinajstić information content (AvgIpc) is 2.77. The molecule has 7 heteroatoms. The highest BCUT2D eigenvalue weighted by Crippen LogP contribution is 2.21. The molecule has 0 aromatic heterocycles. The second kappa shape index (κ2) is 9.27. The molecule has 0 unspecified atom stereocenters. The van der Waals surface area contributed by atoms with E-state index in [0.29, 0.717) is 28.3 Å². The number of anilines is 1. The number of azo groups is 1. The summed E-state index contributed by atoms with van der Waals surface area (Å²) in [5.74, 6) is -0.556. The van der Waals surface area contributed by atoms with E-state index in [-0.39, 0.29) is 0 Å². The van der Waals surface area contributed by atoms with Crippen molar-refractivity contribution in [1.82, 2.24) is 0 Å². The fraction of sp³-hybridized carbons (Fsp3) is 0.0909. The van der Waals surface area contributed by atoms with E-state index in [4.69, 9.17) is 9.57 Å².